The van der Waals surface area contributed by atoms with Crippen LogP contribution < -0.4 is 10.2 Å². The summed E-state index contributed by atoms with van der Waals surface area (Å²) in [5.41, 5.74) is 2.47. The van der Waals surface area contributed by atoms with Gasteiger partial charge >= 0.3 is 0 Å². The molecule has 0 spiro atoms. The fraction of sp³-hybridized carbons (Fsp3) is 0.500. The molecule has 2 aliphatic rings. The molecule has 1 aromatic rings. The van der Waals surface area contributed by atoms with E-state index in [0.717, 1.165) is 22.4 Å². The lowest BCUT2D eigenvalue weighted by Gasteiger charge is -2.26. The van der Waals surface area contributed by atoms with Crippen LogP contribution in [0.3, 0.4) is 0 Å². The van der Waals surface area contributed by atoms with Gasteiger partial charge in [-0.05, 0) is 47.3 Å². The summed E-state index contributed by atoms with van der Waals surface area (Å²) >= 11 is 3.56. The van der Waals surface area contributed by atoms with Crippen molar-refractivity contribution >= 4 is 33.2 Å². The Balaban J connectivity index is 2.01. The van der Waals surface area contributed by atoms with E-state index in [2.05, 4.69) is 40.0 Å². The highest BCUT2D eigenvalue weighted by atomic mass is 79.9. The minimum Gasteiger partial charge on any atom is -0.378 e. The van der Waals surface area contributed by atoms with E-state index in [1.54, 1.807) is 0 Å². The van der Waals surface area contributed by atoms with E-state index < -0.39 is 6.10 Å². The van der Waals surface area contributed by atoms with Crippen molar-refractivity contribution in [3.63, 3.8) is 0 Å². The molecular formula is C14H17BrN2O2. The lowest BCUT2D eigenvalue weighted by Crippen LogP contribution is -2.27. The van der Waals surface area contributed by atoms with Crippen LogP contribution in [0.15, 0.2) is 16.6 Å². The summed E-state index contributed by atoms with van der Waals surface area (Å²) < 4.78 is 0.933. The number of carbonyl (C=O) groups is 1. The van der Waals surface area contributed by atoms with Gasteiger partial charge in [-0.15, -0.1) is 0 Å². The second-order valence-corrected chi connectivity index (χ2v) is 6.48. The average Bonchev–Trinajstić information content (AvgIpc) is 2.81. The summed E-state index contributed by atoms with van der Waals surface area (Å²) in [7, 11) is 0. The second-order valence-electron chi connectivity index (χ2n) is 5.62. The van der Waals surface area contributed by atoms with Gasteiger partial charge in [0.25, 0.3) is 5.91 Å². The van der Waals surface area contributed by atoms with E-state index in [0.29, 0.717) is 17.5 Å². The van der Waals surface area contributed by atoms with Crippen molar-refractivity contribution in [2.24, 2.45) is 5.92 Å². The van der Waals surface area contributed by atoms with E-state index in [1.165, 1.54) is 6.42 Å². The lowest BCUT2D eigenvalue weighted by atomic mass is 10.1. The molecule has 5 heteroatoms. The van der Waals surface area contributed by atoms with Crippen LogP contribution in [0.25, 0.3) is 0 Å². The number of hydrogen-bond donors (Lipinski definition) is 2. The first-order valence-electron chi connectivity index (χ1n) is 6.56. The first-order valence-corrected chi connectivity index (χ1v) is 7.35. The number of halogens is 1. The predicted molar refractivity (Wildman–Crippen MR) is 78.3 cm³/mol. The van der Waals surface area contributed by atoms with Gasteiger partial charge in [0, 0.05) is 28.3 Å². The first-order chi connectivity index (χ1) is 8.97. The third-order valence-corrected chi connectivity index (χ3v) is 4.65. The monoisotopic (exact) mass is 324 g/mol. The summed E-state index contributed by atoms with van der Waals surface area (Å²) in [6.07, 6.45) is 0.133. The Morgan fingerprint density at radius 3 is 2.79 bits per heavy atom. The van der Waals surface area contributed by atoms with Gasteiger partial charge in [0.05, 0.1) is 5.69 Å². The Hall–Kier alpha value is -1.07. The molecule has 19 heavy (non-hydrogen) atoms. The summed E-state index contributed by atoms with van der Waals surface area (Å²) in [5.74, 6) is 0.331. The standard InChI is InChI=1S/C14H17BrN2O2/c1-7-3-8(2)17(6-7)12-5-11-9(4-10(12)15)13(18)14(19)16-11/h4-5,7-8,13,18H,3,6H2,1-2H3,(H,16,19). The van der Waals surface area contributed by atoms with Gasteiger partial charge < -0.3 is 15.3 Å². The molecule has 102 valence electrons. The number of rotatable bonds is 1. The van der Waals surface area contributed by atoms with Crippen LogP contribution in [-0.4, -0.2) is 23.6 Å². The molecule has 3 unspecified atom stereocenters. The van der Waals surface area contributed by atoms with Gasteiger partial charge in [0.1, 0.15) is 0 Å². The molecule has 2 heterocycles. The van der Waals surface area contributed by atoms with Crippen LogP contribution in [0.2, 0.25) is 0 Å². The fourth-order valence-electron chi connectivity index (χ4n) is 3.11. The number of fused-ring (bicyclic) bond motifs is 1. The van der Waals surface area contributed by atoms with Crippen LogP contribution in [0.5, 0.6) is 0 Å². The number of hydrogen-bond acceptors (Lipinski definition) is 3. The molecule has 1 aromatic carbocycles. The van der Waals surface area contributed by atoms with E-state index in [1.807, 2.05) is 12.1 Å². The van der Waals surface area contributed by atoms with Crippen LogP contribution in [0, 0.1) is 5.92 Å². The average molecular weight is 325 g/mol. The Labute approximate surface area is 120 Å². The zero-order valence-electron chi connectivity index (χ0n) is 11.0. The highest BCUT2D eigenvalue weighted by Gasteiger charge is 2.32. The number of benzene rings is 1. The maximum Gasteiger partial charge on any atom is 0.257 e. The van der Waals surface area contributed by atoms with Gasteiger partial charge in [0.2, 0.25) is 0 Å². The Morgan fingerprint density at radius 2 is 2.16 bits per heavy atom. The Kier molecular flexibility index (Phi) is 3.06. The molecule has 0 aromatic heterocycles. The molecular weight excluding hydrogens is 308 g/mol. The summed E-state index contributed by atoms with van der Waals surface area (Å²) in [5, 5.41) is 12.5. The van der Waals surface area contributed by atoms with Crippen molar-refractivity contribution in [3.8, 4) is 0 Å². The number of nitrogens with zero attached hydrogens (tertiary/aromatic N) is 1. The Morgan fingerprint density at radius 1 is 1.42 bits per heavy atom. The zero-order valence-corrected chi connectivity index (χ0v) is 12.6. The van der Waals surface area contributed by atoms with E-state index in [4.69, 9.17) is 0 Å². The first kappa shape index (κ1) is 12.9. The third kappa shape index (κ3) is 2.05. The normalized spacial score (nSPS) is 29.6. The van der Waals surface area contributed by atoms with Gasteiger partial charge in [0.15, 0.2) is 6.10 Å². The van der Waals surface area contributed by atoms with Crippen LogP contribution in [0.1, 0.15) is 31.9 Å². The van der Waals surface area contributed by atoms with Crippen LogP contribution in [-0.2, 0) is 4.79 Å². The van der Waals surface area contributed by atoms with Crippen molar-refractivity contribution in [1.29, 1.82) is 0 Å². The molecule has 4 nitrogen and oxygen atoms in total. The van der Waals surface area contributed by atoms with Crippen molar-refractivity contribution in [2.75, 3.05) is 16.8 Å². The summed E-state index contributed by atoms with van der Waals surface area (Å²) in [6.45, 7) is 5.49. The molecule has 1 fully saturated rings. The van der Waals surface area contributed by atoms with E-state index in [9.17, 15) is 9.90 Å². The highest BCUT2D eigenvalue weighted by Crippen LogP contribution is 2.41. The van der Waals surface area contributed by atoms with Crippen LogP contribution >= 0.6 is 15.9 Å². The second kappa shape index (κ2) is 4.49. The molecule has 0 aliphatic carbocycles. The van der Waals surface area contributed by atoms with Gasteiger partial charge in [-0.3, -0.25) is 4.79 Å². The largest absolute Gasteiger partial charge is 0.378 e. The smallest absolute Gasteiger partial charge is 0.257 e. The molecule has 2 aliphatic heterocycles. The molecule has 0 radical (unpaired) electrons. The molecule has 1 saturated heterocycles. The number of anilines is 2. The SMILES string of the molecule is CC1CC(C)N(c2cc3c(cc2Br)C(O)C(=O)N3)C1. The van der Waals surface area contributed by atoms with E-state index in [-0.39, 0.29) is 5.91 Å². The number of aliphatic hydroxyl groups is 1. The molecule has 1 amide bonds. The van der Waals surface area contributed by atoms with Crippen molar-refractivity contribution in [2.45, 2.75) is 32.4 Å². The number of amides is 1. The highest BCUT2D eigenvalue weighted by molar-refractivity contribution is 9.10. The molecule has 0 bridgehead atoms. The lowest BCUT2D eigenvalue weighted by molar-refractivity contribution is -0.123. The van der Waals surface area contributed by atoms with E-state index >= 15 is 0 Å². The molecule has 3 atom stereocenters. The zero-order chi connectivity index (χ0) is 13.7. The fourth-order valence-corrected chi connectivity index (χ4v) is 3.70. The number of aliphatic hydroxyl groups excluding tert-OH is 1. The maximum atomic E-state index is 11.5. The minimum absolute atomic E-state index is 0.345. The predicted octanol–water partition coefficient (Wildman–Crippen LogP) is 2.67. The van der Waals surface area contributed by atoms with Crippen molar-refractivity contribution in [3.05, 3.63) is 22.2 Å². The number of carbonyl (C=O) groups excluding carboxylic acids is 1. The van der Waals surface area contributed by atoms with Gasteiger partial charge in [-0.1, -0.05) is 6.92 Å². The van der Waals surface area contributed by atoms with Gasteiger partial charge in [-0.2, -0.15) is 0 Å². The quantitative estimate of drug-likeness (QED) is 0.835. The van der Waals surface area contributed by atoms with Crippen LogP contribution in [0.4, 0.5) is 11.4 Å². The van der Waals surface area contributed by atoms with Gasteiger partial charge in [-0.25, -0.2) is 0 Å². The molecule has 0 saturated carbocycles. The topological polar surface area (TPSA) is 52.6 Å². The maximum absolute atomic E-state index is 11.5. The van der Waals surface area contributed by atoms with Crippen molar-refractivity contribution < 1.29 is 9.90 Å². The van der Waals surface area contributed by atoms with Crippen molar-refractivity contribution in [1.82, 2.24) is 0 Å². The molecule has 2 N–H and O–H groups in total. The summed E-state index contributed by atoms with van der Waals surface area (Å²) in [4.78, 5) is 13.9. The minimum atomic E-state index is -1.05. The molecule has 3 rings (SSSR count). The Bertz CT molecular complexity index is 546. The third-order valence-electron chi connectivity index (χ3n) is 4.01. The number of nitrogens with one attached hydrogen (secondary N) is 1. The summed E-state index contributed by atoms with van der Waals surface area (Å²) in [6, 6.07) is 4.30.